The van der Waals surface area contributed by atoms with Crippen LogP contribution in [0.3, 0.4) is 0 Å². The fraction of sp³-hybridized carbons (Fsp3) is 0.231. The minimum Gasteiger partial charge on any atom is -0.480 e. The zero-order valence-corrected chi connectivity index (χ0v) is 11.1. The van der Waals surface area contributed by atoms with E-state index in [1.165, 1.54) is 11.0 Å². The Morgan fingerprint density at radius 2 is 2.05 bits per heavy atom. The Kier molecular flexibility index (Phi) is 4.86. The summed E-state index contributed by atoms with van der Waals surface area (Å²) in [7, 11) is 0. The van der Waals surface area contributed by atoms with Crippen molar-refractivity contribution in [2.45, 2.75) is 19.7 Å². The second kappa shape index (κ2) is 7.04. The third-order valence-electron chi connectivity index (χ3n) is 2.48. The van der Waals surface area contributed by atoms with Gasteiger partial charge in [0.15, 0.2) is 5.82 Å². The molecule has 1 heterocycles. The topological polar surface area (TPSA) is 106 Å². The average molecular weight is 290 g/mol. The fourth-order valence-corrected chi connectivity index (χ4v) is 1.55. The van der Waals surface area contributed by atoms with Gasteiger partial charge in [-0.1, -0.05) is 30.3 Å². The summed E-state index contributed by atoms with van der Waals surface area (Å²) in [5.41, 5.74) is 0.886. The van der Waals surface area contributed by atoms with E-state index in [1.807, 2.05) is 30.3 Å². The summed E-state index contributed by atoms with van der Waals surface area (Å²) in [5.74, 6) is -0.699. The largest absolute Gasteiger partial charge is 0.480 e. The molecule has 0 bridgehead atoms. The molecule has 0 aliphatic heterocycles. The van der Waals surface area contributed by atoms with Crippen LogP contribution in [-0.2, 0) is 29.2 Å². The number of carboxylic acid groups (broad SMARTS) is 1. The Morgan fingerprint density at radius 1 is 1.29 bits per heavy atom. The highest BCUT2D eigenvalue weighted by Gasteiger charge is 2.07. The van der Waals surface area contributed by atoms with E-state index in [4.69, 9.17) is 9.84 Å². The SMILES string of the molecule is O=C(O)Cn1cnc(CNC(=O)OCc2ccccc2)n1. The van der Waals surface area contributed by atoms with Crippen molar-refractivity contribution in [3.8, 4) is 0 Å². The molecule has 8 heteroatoms. The molecule has 0 saturated carbocycles. The third-order valence-corrected chi connectivity index (χ3v) is 2.48. The molecule has 0 aliphatic carbocycles. The summed E-state index contributed by atoms with van der Waals surface area (Å²) < 4.78 is 6.19. The number of rotatable bonds is 6. The number of aromatic nitrogens is 3. The molecule has 0 saturated heterocycles. The molecule has 0 radical (unpaired) electrons. The van der Waals surface area contributed by atoms with Crippen molar-refractivity contribution >= 4 is 12.1 Å². The number of amides is 1. The number of carbonyl (C=O) groups is 2. The molecular formula is C13H14N4O4. The van der Waals surface area contributed by atoms with Gasteiger partial charge in [0.05, 0.1) is 6.54 Å². The molecule has 0 fully saturated rings. The summed E-state index contributed by atoms with van der Waals surface area (Å²) >= 11 is 0. The lowest BCUT2D eigenvalue weighted by molar-refractivity contribution is -0.137. The van der Waals surface area contributed by atoms with Crippen LogP contribution >= 0.6 is 0 Å². The van der Waals surface area contributed by atoms with E-state index < -0.39 is 12.1 Å². The maximum Gasteiger partial charge on any atom is 0.407 e. The van der Waals surface area contributed by atoms with E-state index in [0.717, 1.165) is 5.56 Å². The lowest BCUT2D eigenvalue weighted by Gasteiger charge is -2.05. The van der Waals surface area contributed by atoms with Gasteiger partial charge in [-0.05, 0) is 5.56 Å². The van der Waals surface area contributed by atoms with Gasteiger partial charge in [0.1, 0.15) is 19.5 Å². The molecule has 0 unspecified atom stereocenters. The van der Waals surface area contributed by atoms with Crippen molar-refractivity contribution in [3.05, 3.63) is 48.0 Å². The number of nitrogens with zero attached hydrogens (tertiary/aromatic N) is 3. The van der Waals surface area contributed by atoms with E-state index in [9.17, 15) is 9.59 Å². The van der Waals surface area contributed by atoms with Gasteiger partial charge in [0, 0.05) is 0 Å². The predicted octanol–water partition coefficient (Wildman–Crippen LogP) is 0.789. The van der Waals surface area contributed by atoms with Crippen molar-refractivity contribution in [1.82, 2.24) is 20.1 Å². The predicted molar refractivity (Wildman–Crippen MR) is 71.1 cm³/mol. The zero-order chi connectivity index (χ0) is 15.1. The number of nitrogens with one attached hydrogen (secondary N) is 1. The summed E-state index contributed by atoms with van der Waals surface area (Å²) in [6.45, 7) is -0.0285. The summed E-state index contributed by atoms with van der Waals surface area (Å²) in [5, 5.41) is 15.0. The van der Waals surface area contributed by atoms with Crippen LogP contribution < -0.4 is 5.32 Å². The van der Waals surface area contributed by atoms with Crippen LogP contribution in [0.1, 0.15) is 11.4 Å². The Labute approximate surface area is 120 Å². The lowest BCUT2D eigenvalue weighted by atomic mass is 10.2. The van der Waals surface area contributed by atoms with Gasteiger partial charge in [0.2, 0.25) is 0 Å². The van der Waals surface area contributed by atoms with Crippen LogP contribution in [0.5, 0.6) is 0 Å². The minimum absolute atomic E-state index is 0.0697. The molecule has 2 rings (SSSR count). The van der Waals surface area contributed by atoms with Gasteiger partial charge in [-0.25, -0.2) is 14.5 Å². The molecule has 21 heavy (non-hydrogen) atoms. The molecule has 2 N–H and O–H groups in total. The van der Waals surface area contributed by atoms with Gasteiger partial charge in [0.25, 0.3) is 0 Å². The number of benzene rings is 1. The first kappa shape index (κ1) is 14.5. The van der Waals surface area contributed by atoms with Crippen LogP contribution in [0.4, 0.5) is 4.79 Å². The number of ether oxygens (including phenoxy) is 1. The molecule has 1 aromatic heterocycles. The van der Waals surface area contributed by atoms with Gasteiger partial charge < -0.3 is 15.2 Å². The maximum absolute atomic E-state index is 11.5. The number of hydrogen-bond acceptors (Lipinski definition) is 5. The molecule has 110 valence electrons. The van der Waals surface area contributed by atoms with E-state index >= 15 is 0 Å². The Balaban J connectivity index is 1.73. The standard InChI is InChI=1S/C13H14N4O4/c18-12(19)7-17-9-15-11(16-17)6-14-13(20)21-8-10-4-2-1-3-5-10/h1-5,9H,6-8H2,(H,14,20)(H,18,19). The molecule has 1 amide bonds. The summed E-state index contributed by atoms with van der Waals surface area (Å²) in [6, 6.07) is 9.29. The first-order valence-corrected chi connectivity index (χ1v) is 6.18. The molecule has 0 atom stereocenters. The molecule has 1 aromatic carbocycles. The van der Waals surface area contributed by atoms with Gasteiger partial charge >= 0.3 is 12.1 Å². The summed E-state index contributed by atoms with van der Waals surface area (Å²) in [6.07, 6.45) is 0.703. The highest BCUT2D eigenvalue weighted by atomic mass is 16.5. The van der Waals surface area contributed by atoms with Crippen molar-refractivity contribution < 1.29 is 19.4 Å². The van der Waals surface area contributed by atoms with Crippen molar-refractivity contribution in [2.24, 2.45) is 0 Å². The first-order valence-electron chi connectivity index (χ1n) is 6.18. The number of carboxylic acids is 1. The van der Waals surface area contributed by atoms with Crippen LogP contribution in [-0.4, -0.2) is 31.9 Å². The van der Waals surface area contributed by atoms with Gasteiger partial charge in [-0.2, -0.15) is 5.10 Å². The second-order valence-corrected chi connectivity index (χ2v) is 4.17. The number of carbonyl (C=O) groups excluding carboxylic acids is 1. The third kappa shape index (κ3) is 4.94. The number of alkyl carbamates (subject to hydrolysis) is 1. The molecule has 8 nitrogen and oxygen atoms in total. The van der Waals surface area contributed by atoms with Gasteiger partial charge in [-0.15, -0.1) is 0 Å². The fourth-order valence-electron chi connectivity index (χ4n) is 1.55. The maximum atomic E-state index is 11.5. The van der Waals surface area contributed by atoms with Gasteiger partial charge in [-0.3, -0.25) is 4.79 Å². The van der Waals surface area contributed by atoms with Crippen LogP contribution in [0.25, 0.3) is 0 Å². The second-order valence-electron chi connectivity index (χ2n) is 4.17. The Hall–Kier alpha value is -2.90. The van der Waals surface area contributed by atoms with E-state index in [-0.39, 0.29) is 19.7 Å². The van der Waals surface area contributed by atoms with Crippen molar-refractivity contribution in [1.29, 1.82) is 0 Å². The van der Waals surface area contributed by atoms with Crippen molar-refractivity contribution in [2.75, 3.05) is 0 Å². The Bertz CT molecular complexity index is 612. The molecular weight excluding hydrogens is 276 g/mol. The van der Waals surface area contributed by atoms with E-state index in [0.29, 0.717) is 5.82 Å². The highest BCUT2D eigenvalue weighted by molar-refractivity contribution is 5.67. The Morgan fingerprint density at radius 3 is 2.76 bits per heavy atom. The number of hydrogen-bond donors (Lipinski definition) is 2. The van der Waals surface area contributed by atoms with E-state index in [2.05, 4.69) is 15.4 Å². The summed E-state index contributed by atoms with van der Waals surface area (Å²) in [4.78, 5) is 25.8. The van der Waals surface area contributed by atoms with Crippen LogP contribution in [0, 0.1) is 0 Å². The lowest BCUT2D eigenvalue weighted by Crippen LogP contribution is -2.24. The van der Waals surface area contributed by atoms with Crippen LogP contribution in [0.15, 0.2) is 36.7 Å². The van der Waals surface area contributed by atoms with Crippen molar-refractivity contribution in [3.63, 3.8) is 0 Å². The molecule has 0 aliphatic rings. The molecule has 2 aromatic rings. The molecule has 0 spiro atoms. The normalized spacial score (nSPS) is 10.1. The average Bonchev–Trinajstić information content (AvgIpc) is 2.91. The minimum atomic E-state index is -1.01. The highest BCUT2D eigenvalue weighted by Crippen LogP contribution is 2.00. The van der Waals surface area contributed by atoms with E-state index in [1.54, 1.807) is 0 Å². The quantitative estimate of drug-likeness (QED) is 0.814. The zero-order valence-electron chi connectivity index (χ0n) is 11.1. The monoisotopic (exact) mass is 290 g/mol. The smallest absolute Gasteiger partial charge is 0.407 e. The number of aliphatic carboxylic acids is 1. The first-order chi connectivity index (χ1) is 10.1. The van der Waals surface area contributed by atoms with Crippen LogP contribution in [0.2, 0.25) is 0 Å².